The number of carbonyl (C=O) groups excluding carboxylic acids is 1. The number of aryl methyl sites for hydroxylation is 1. The van der Waals surface area contributed by atoms with E-state index in [1.165, 1.54) is 37.7 Å². The number of aromatic nitrogens is 3. The first-order valence-electron chi connectivity index (χ1n) is 10.8. The van der Waals surface area contributed by atoms with Gasteiger partial charge in [-0.1, -0.05) is 24.3 Å². The second-order valence-electron chi connectivity index (χ2n) is 8.06. The number of halogens is 2. The molecular weight excluding hydrogens is 549 g/mol. The lowest BCUT2D eigenvalue weighted by atomic mass is 10.1. The van der Waals surface area contributed by atoms with E-state index in [4.69, 9.17) is 4.74 Å². The molecular formula is C26H19BrFN3O4S. The number of methoxy groups -OCH3 is 1. The van der Waals surface area contributed by atoms with Gasteiger partial charge in [-0.2, -0.15) is 0 Å². The van der Waals surface area contributed by atoms with E-state index in [1.807, 2.05) is 0 Å². The van der Waals surface area contributed by atoms with Crippen molar-refractivity contribution in [3.05, 3.63) is 94.5 Å². The van der Waals surface area contributed by atoms with Gasteiger partial charge in [-0.15, -0.1) is 0 Å². The second kappa shape index (κ2) is 9.03. The van der Waals surface area contributed by atoms with Gasteiger partial charge in [0.05, 0.1) is 27.9 Å². The highest BCUT2D eigenvalue weighted by Gasteiger charge is 2.27. The van der Waals surface area contributed by atoms with Crippen LogP contribution in [0.4, 0.5) is 4.39 Å². The number of H-pyrrole nitrogens is 1. The van der Waals surface area contributed by atoms with E-state index in [-0.39, 0.29) is 27.4 Å². The Bertz CT molecular complexity index is 1740. The SMILES string of the molecule is COC(=O)c1c(-c2ccc(C)cc2F)[nH]c(-c2ccnc3c2ccn3S(=O)(=O)c2ccccc2)c1Br. The van der Waals surface area contributed by atoms with Gasteiger partial charge in [-0.3, -0.25) is 0 Å². The van der Waals surface area contributed by atoms with Gasteiger partial charge in [0.2, 0.25) is 0 Å². The number of ether oxygens (including phenoxy) is 1. The number of esters is 1. The largest absolute Gasteiger partial charge is 0.465 e. The fourth-order valence-corrected chi connectivity index (χ4v) is 6.11. The Morgan fingerprint density at radius 2 is 1.81 bits per heavy atom. The summed E-state index contributed by atoms with van der Waals surface area (Å²) >= 11 is 3.49. The van der Waals surface area contributed by atoms with Crippen LogP contribution < -0.4 is 0 Å². The Balaban J connectivity index is 1.74. The Morgan fingerprint density at radius 3 is 2.50 bits per heavy atom. The van der Waals surface area contributed by atoms with Crippen molar-refractivity contribution in [3.8, 4) is 22.5 Å². The molecule has 0 aliphatic carbocycles. The van der Waals surface area contributed by atoms with E-state index in [2.05, 4.69) is 25.9 Å². The molecule has 0 saturated heterocycles. The van der Waals surface area contributed by atoms with Gasteiger partial charge in [0, 0.05) is 28.9 Å². The van der Waals surface area contributed by atoms with Crippen LogP contribution in [0.3, 0.4) is 0 Å². The zero-order valence-corrected chi connectivity index (χ0v) is 21.5. The minimum atomic E-state index is -3.90. The number of fused-ring (bicyclic) bond motifs is 1. The van der Waals surface area contributed by atoms with Crippen LogP contribution in [0.15, 0.2) is 82.4 Å². The summed E-state index contributed by atoms with van der Waals surface area (Å²) in [7, 11) is -2.65. The zero-order valence-electron chi connectivity index (χ0n) is 19.1. The summed E-state index contributed by atoms with van der Waals surface area (Å²) in [6.45, 7) is 1.77. The summed E-state index contributed by atoms with van der Waals surface area (Å²) < 4.78 is 47.9. The number of hydrogen-bond acceptors (Lipinski definition) is 5. The van der Waals surface area contributed by atoms with Gasteiger partial charge in [0.15, 0.2) is 5.65 Å². The minimum Gasteiger partial charge on any atom is -0.465 e. The Hall–Kier alpha value is -3.76. The molecule has 5 rings (SSSR count). The van der Waals surface area contributed by atoms with Crippen LogP contribution in [0, 0.1) is 12.7 Å². The molecule has 1 N–H and O–H groups in total. The van der Waals surface area contributed by atoms with Crippen LogP contribution in [0.5, 0.6) is 0 Å². The highest BCUT2D eigenvalue weighted by atomic mass is 79.9. The van der Waals surface area contributed by atoms with E-state index in [0.29, 0.717) is 21.1 Å². The van der Waals surface area contributed by atoms with Crippen molar-refractivity contribution in [2.24, 2.45) is 0 Å². The molecule has 0 aliphatic rings. The van der Waals surface area contributed by atoms with Crippen LogP contribution in [0.1, 0.15) is 15.9 Å². The maximum absolute atomic E-state index is 14.9. The molecule has 10 heteroatoms. The maximum atomic E-state index is 14.9. The molecule has 7 nitrogen and oxygen atoms in total. The molecule has 36 heavy (non-hydrogen) atoms. The molecule has 3 heterocycles. The number of nitrogens with zero attached hydrogens (tertiary/aromatic N) is 2. The van der Waals surface area contributed by atoms with Crippen molar-refractivity contribution >= 4 is 43.0 Å². The van der Waals surface area contributed by atoms with Crippen LogP contribution in [0.25, 0.3) is 33.5 Å². The lowest BCUT2D eigenvalue weighted by Crippen LogP contribution is -2.12. The van der Waals surface area contributed by atoms with Crippen molar-refractivity contribution in [3.63, 3.8) is 0 Å². The third-order valence-electron chi connectivity index (χ3n) is 5.85. The van der Waals surface area contributed by atoms with Crippen molar-refractivity contribution in [2.75, 3.05) is 7.11 Å². The van der Waals surface area contributed by atoms with Gasteiger partial charge in [-0.25, -0.2) is 26.6 Å². The van der Waals surface area contributed by atoms with E-state index >= 15 is 0 Å². The topological polar surface area (TPSA) is 94.1 Å². The molecule has 0 unspecified atom stereocenters. The summed E-state index contributed by atoms with van der Waals surface area (Å²) in [4.78, 5) is 20.3. The zero-order chi connectivity index (χ0) is 25.6. The van der Waals surface area contributed by atoms with Gasteiger partial charge in [0.1, 0.15) is 11.4 Å². The van der Waals surface area contributed by atoms with Gasteiger partial charge >= 0.3 is 5.97 Å². The highest BCUT2D eigenvalue weighted by Crippen LogP contribution is 2.41. The van der Waals surface area contributed by atoms with Gasteiger partial charge in [-0.05, 0) is 64.8 Å². The van der Waals surface area contributed by atoms with Crippen molar-refractivity contribution in [1.29, 1.82) is 0 Å². The first kappa shape index (κ1) is 24.0. The average Bonchev–Trinajstić information content (AvgIpc) is 3.46. The second-order valence-corrected chi connectivity index (χ2v) is 10.7. The molecule has 0 radical (unpaired) electrons. The number of nitrogens with one attached hydrogen (secondary N) is 1. The minimum absolute atomic E-state index is 0.122. The summed E-state index contributed by atoms with van der Waals surface area (Å²) in [5, 5.41) is 0.520. The predicted molar refractivity (Wildman–Crippen MR) is 138 cm³/mol. The molecule has 2 aromatic carbocycles. The molecule has 182 valence electrons. The number of aromatic amines is 1. The van der Waals surface area contributed by atoms with E-state index in [0.717, 1.165) is 9.54 Å². The molecule has 0 bridgehead atoms. The molecule has 0 fully saturated rings. The van der Waals surface area contributed by atoms with Crippen LogP contribution >= 0.6 is 15.9 Å². The molecule has 5 aromatic rings. The monoisotopic (exact) mass is 567 g/mol. The standard InChI is InChI=1S/C26H19BrFN3O4S/c1-15-8-9-19(20(28)14-15)23-21(26(32)35-2)22(27)24(30-23)17-10-12-29-25-18(17)11-13-31(25)36(33,34)16-6-4-3-5-7-16/h3-14,30H,1-2H3. The van der Waals surface area contributed by atoms with E-state index < -0.39 is 21.8 Å². The third kappa shape index (κ3) is 3.82. The average molecular weight is 568 g/mol. The molecule has 0 aliphatic heterocycles. The summed E-state index contributed by atoms with van der Waals surface area (Å²) in [6.07, 6.45) is 2.91. The van der Waals surface area contributed by atoms with E-state index in [1.54, 1.807) is 49.4 Å². The lowest BCUT2D eigenvalue weighted by Gasteiger charge is -2.08. The molecule has 0 atom stereocenters. The fourth-order valence-electron chi connectivity index (χ4n) is 4.11. The van der Waals surface area contributed by atoms with Crippen molar-refractivity contribution in [2.45, 2.75) is 11.8 Å². The van der Waals surface area contributed by atoms with Crippen LogP contribution in [-0.4, -0.2) is 35.4 Å². The number of pyridine rings is 1. The van der Waals surface area contributed by atoms with Gasteiger partial charge in [0.25, 0.3) is 10.0 Å². The lowest BCUT2D eigenvalue weighted by molar-refractivity contribution is 0.0601. The smallest absolute Gasteiger partial charge is 0.341 e. The third-order valence-corrected chi connectivity index (χ3v) is 8.32. The summed E-state index contributed by atoms with van der Waals surface area (Å²) in [5.41, 5.74) is 2.52. The summed E-state index contributed by atoms with van der Waals surface area (Å²) in [5.74, 6) is -1.16. The Labute approximate surface area is 214 Å². The first-order chi connectivity index (χ1) is 17.2. The van der Waals surface area contributed by atoms with Gasteiger partial charge < -0.3 is 9.72 Å². The van der Waals surface area contributed by atoms with Crippen LogP contribution in [0.2, 0.25) is 0 Å². The number of carbonyl (C=O) groups is 1. The number of rotatable bonds is 5. The Morgan fingerprint density at radius 1 is 1.06 bits per heavy atom. The van der Waals surface area contributed by atoms with Crippen molar-refractivity contribution < 1.29 is 22.3 Å². The normalized spacial score (nSPS) is 11.7. The number of benzene rings is 2. The quantitative estimate of drug-likeness (QED) is 0.265. The maximum Gasteiger partial charge on any atom is 0.341 e. The summed E-state index contributed by atoms with van der Waals surface area (Å²) in [6, 6.07) is 16.1. The van der Waals surface area contributed by atoms with Crippen molar-refractivity contribution in [1.82, 2.24) is 13.9 Å². The van der Waals surface area contributed by atoms with E-state index in [9.17, 15) is 17.6 Å². The fraction of sp³-hybridized carbons (Fsp3) is 0.0769. The molecule has 0 amide bonds. The molecule has 0 spiro atoms. The molecule has 3 aromatic heterocycles. The first-order valence-corrected chi connectivity index (χ1v) is 13.0. The van der Waals surface area contributed by atoms with Crippen LogP contribution in [-0.2, 0) is 14.8 Å². The molecule has 0 saturated carbocycles. The predicted octanol–water partition coefficient (Wildman–Crippen LogP) is 5.93. The Kier molecular flexibility index (Phi) is 6.01. The number of hydrogen-bond donors (Lipinski definition) is 1. The highest BCUT2D eigenvalue weighted by molar-refractivity contribution is 9.10.